The predicted molar refractivity (Wildman–Crippen MR) is 67.0 cm³/mol. The highest BCUT2D eigenvalue weighted by atomic mass is 19.4. The summed E-state index contributed by atoms with van der Waals surface area (Å²) in [5.41, 5.74) is -0.115. The Balaban J connectivity index is 2.18. The normalized spacial score (nSPS) is 23.8. The molecule has 106 valence electrons. The molecular weight excluding hydrogens is 255 g/mol. The van der Waals surface area contributed by atoms with Crippen molar-refractivity contribution < 1.29 is 17.9 Å². The third kappa shape index (κ3) is 3.48. The first-order valence-electron chi connectivity index (χ1n) is 6.35. The summed E-state index contributed by atoms with van der Waals surface area (Å²) in [6.45, 7) is 1.41. The van der Waals surface area contributed by atoms with Crippen LogP contribution in [0.4, 0.5) is 13.2 Å². The van der Waals surface area contributed by atoms with E-state index >= 15 is 0 Å². The molecule has 0 radical (unpaired) electrons. The first-order valence-corrected chi connectivity index (χ1v) is 6.35. The van der Waals surface area contributed by atoms with Gasteiger partial charge in [0.1, 0.15) is 0 Å². The zero-order valence-corrected chi connectivity index (χ0v) is 10.9. The van der Waals surface area contributed by atoms with Crippen LogP contribution < -0.4 is 5.32 Å². The molecule has 1 aromatic carbocycles. The highest BCUT2D eigenvalue weighted by Crippen LogP contribution is 2.31. The number of hydrogen-bond donors (Lipinski definition) is 1. The fourth-order valence-electron chi connectivity index (χ4n) is 2.72. The number of halogens is 3. The van der Waals surface area contributed by atoms with Gasteiger partial charge in [-0.15, -0.1) is 0 Å². The van der Waals surface area contributed by atoms with E-state index in [1.165, 1.54) is 12.1 Å². The van der Waals surface area contributed by atoms with Gasteiger partial charge in [-0.1, -0.05) is 18.2 Å². The molecule has 0 saturated carbocycles. The van der Waals surface area contributed by atoms with Crippen molar-refractivity contribution in [1.29, 1.82) is 0 Å². The third-order valence-corrected chi connectivity index (χ3v) is 3.55. The minimum Gasteiger partial charge on any atom is -0.383 e. The molecule has 2 nitrogen and oxygen atoms in total. The van der Waals surface area contributed by atoms with Crippen LogP contribution in [0.15, 0.2) is 24.3 Å². The van der Waals surface area contributed by atoms with Gasteiger partial charge >= 0.3 is 6.18 Å². The highest BCUT2D eigenvalue weighted by molar-refractivity contribution is 5.27. The molecule has 0 amide bonds. The van der Waals surface area contributed by atoms with Crippen LogP contribution in [0.1, 0.15) is 24.0 Å². The van der Waals surface area contributed by atoms with Gasteiger partial charge in [0, 0.05) is 12.6 Å². The Hall–Kier alpha value is -1.07. The molecule has 1 unspecified atom stereocenters. The topological polar surface area (TPSA) is 21.3 Å². The fraction of sp³-hybridized carbons (Fsp3) is 0.571. The Labute approximate surface area is 111 Å². The minimum atomic E-state index is -4.28. The van der Waals surface area contributed by atoms with Crippen LogP contribution in [0.25, 0.3) is 0 Å². The fourth-order valence-corrected chi connectivity index (χ4v) is 2.72. The average molecular weight is 273 g/mol. The zero-order valence-electron chi connectivity index (χ0n) is 10.9. The summed E-state index contributed by atoms with van der Waals surface area (Å²) in [6.07, 6.45) is -1.77. The molecule has 0 bridgehead atoms. The lowest BCUT2D eigenvalue weighted by atomic mass is 9.89. The molecule has 1 N–H and O–H groups in total. The molecule has 1 atom stereocenters. The lowest BCUT2D eigenvalue weighted by Crippen LogP contribution is -2.46. The summed E-state index contributed by atoms with van der Waals surface area (Å²) in [6, 6.07) is 5.55. The van der Waals surface area contributed by atoms with E-state index in [0.29, 0.717) is 18.6 Å². The summed E-state index contributed by atoms with van der Waals surface area (Å²) in [7, 11) is 1.62. The van der Waals surface area contributed by atoms with Crippen LogP contribution in [-0.2, 0) is 17.3 Å². The van der Waals surface area contributed by atoms with Crippen molar-refractivity contribution in [3.8, 4) is 0 Å². The predicted octanol–water partition coefficient (Wildman–Crippen LogP) is 3.02. The summed E-state index contributed by atoms with van der Waals surface area (Å²) >= 11 is 0. The second-order valence-electron chi connectivity index (χ2n) is 5.12. The van der Waals surface area contributed by atoms with Gasteiger partial charge in [-0.2, -0.15) is 13.2 Å². The van der Waals surface area contributed by atoms with E-state index in [2.05, 4.69) is 5.32 Å². The Kier molecular flexibility index (Phi) is 4.16. The number of alkyl halides is 3. The molecule has 1 aromatic rings. The van der Waals surface area contributed by atoms with Gasteiger partial charge in [-0.3, -0.25) is 0 Å². The number of ether oxygens (including phenoxy) is 1. The molecule has 1 heterocycles. The second-order valence-corrected chi connectivity index (χ2v) is 5.12. The number of methoxy groups -OCH3 is 1. The SMILES string of the molecule is COCC1(Cc2cccc(C(F)(F)F)c2)CCCN1. The number of rotatable bonds is 4. The van der Waals surface area contributed by atoms with Gasteiger partial charge in [0.25, 0.3) is 0 Å². The molecule has 1 aliphatic heterocycles. The van der Waals surface area contributed by atoms with E-state index in [-0.39, 0.29) is 5.54 Å². The summed E-state index contributed by atoms with van der Waals surface area (Å²) < 4.78 is 43.3. The molecule has 1 fully saturated rings. The molecule has 1 saturated heterocycles. The summed E-state index contributed by atoms with van der Waals surface area (Å²) in [4.78, 5) is 0. The molecule has 1 aliphatic rings. The molecule has 0 aliphatic carbocycles. The Morgan fingerprint density at radius 3 is 2.74 bits per heavy atom. The Bertz CT molecular complexity index is 425. The van der Waals surface area contributed by atoms with Crippen molar-refractivity contribution in [2.75, 3.05) is 20.3 Å². The molecule has 0 aromatic heterocycles. The maximum atomic E-state index is 12.7. The number of benzene rings is 1. The zero-order chi connectivity index (χ0) is 13.9. The molecular formula is C14H18F3NO. The largest absolute Gasteiger partial charge is 0.416 e. The molecule has 0 spiro atoms. The van der Waals surface area contributed by atoms with Crippen molar-refractivity contribution in [1.82, 2.24) is 5.32 Å². The van der Waals surface area contributed by atoms with E-state index in [1.807, 2.05) is 0 Å². The Morgan fingerprint density at radius 2 is 2.16 bits per heavy atom. The van der Waals surface area contributed by atoms with Crippen molar-refractivity contribution >= 4 is 0 Å². The number of nitrogens with one attached hydrogen (secondary N) is 1. The van der Waals surface area contributed by atoms with E-state index < -0.39 is 11.7 Å². The van der Waals surface area contributed by atoms with Crippen LogP contribution in [-0.4, -0.2) is 25.8 Å². The van der Waals surface area contributed by atoms with Gasteiger partial charge in [-0.05, 0) is 37.4 Å². The maximum absolute atomic E-state index is 12.7. The van der Waals surface area contributed by atoms with Crippen molar-refractivity contribution in [2.24, 2.45) is 0 Å². The van der Waals surface area contributed by atoms with Crippen molar-refractivity contribution in [3.05, 3.63) is 35.4 Å². The smallest absolute Gasteiger partial charge is 0.383 e. The quantitative estimate of drug-likeness (QED) is 0.910. The molecule has 5 heteroatoms. The minimum absolute atomic E-state index is 0.223. The van der Waals surface area contributed by atoms with E-state index in [9.17, 15) is 13.2 Å². The first kappa shape index (κ1) is 14.3. The lowest BCUT2D eigenvalue weighted by molar-refractivity contribution is -0.137. The lowest BCUT2D eigenvalue weighted by Gasteiger charge is -2.29. The van der Waals surface area contributed by atoms with Crippen LogP contribution in [0, 0.1) is 0 Å². The highest BCUT2D eigenvalue weighted by Gasteiger charge is 2.35. The van der Waals surface area contributed by atoms with Crippen LogP contribution in [0.5, 0.6) is 0 Å². The van der Waals surface area contributed by atoms with Crippen molar-refractivity contribution in [2.45, 2.75) is 31.0 Å². The van der Waals surface area contributed by atoms with E-state index in [4.69, 9.17) is 4.74 Å². The summed E-state index contributed by atoms with van der Waals surface area (Å²) in [5.74, 6) is 0. The maximum Gasteiger partial charge on any atom is 0.416 e. The van der Waals surface area contributed by atoms with Crippen LogP contribution in [0.2, 0.25) is 0 Å². The van der Waals surface area contributed by atoms with E-state index in [0.717, 1.165) is 25.5 Å². The monoisotopic (exact) mass is 273 g/mol. The average Bonchev–Trinajstić information content (AvgIpc) is 2.77. The first-order chi connectivity index (χ1) is 8.95. The molecule has 2 rings (SSSR count). The van der Waals surface area contributed by atoms with Gasteiger partial charge in [0.2, 0.25) is 0 Å². The Morgan fingerprint density at radius 1 is 1.37 bits per heavy atom. The third-order valence-electron chi connectivity index (χ3n) is 3.55. The van der Waals surface area contributed by atoms with Gasteiger partial charge in [-0.25, -0.2) is 0 Å². The van der Waals surface area contributed by atoms with Gasteiger partial charge < -0.3 is 10.1 Å². The molecule has 19 heavy (non-hydrogen) atoms. The van der Waals surface area contributed by atoms with Crippen LogP contribution in [0.3, 0.4) is 0 Å². The number of hydrogen-bond acceptors (Lipinski definition) is 2. The van der Waals surface area contributed by atoms with Crippen molar-refractivity contribution in [3.63, 3.8) is 0 Å². The van der Waals surface area contributed by atoms with E-state index in [1.54, 1.807) is 13.2 Å². The van der Waals surface area contributed by atoms with Gasteiger partial charge in [0.05, 0.1) is 12.2 Å². The van der Waals surface area contributed by atoms with Crippen LogP contribution >= 0.6 is 0 Å². The standard InChI is InChI=1S/C14H18F3NO/c1-19-10-13(6-3-7-18-13)9-11-4-2-5-12(8-11)14(15,16)17/h2,4-5,8,18H,3,6-7,9-10H2,1H3. The van der Waals surface area contributed by atoms with Gasteiger partial charge in [0.15, 0.2) is 0 Å². The second kappa shape index (κ2) is 5.51. The summed E-state index contributed by atoms with van der Waals surface area (Å²) in [5, 5.41) is 3.37.